The van der Waals surface area contributed by atoms with Crippen molar-refractivity contribution in [1.29, 1.82) is 0 Å². The van der Waals surface area contributed by atoms with E-state index in [1.807, 2.05) is 32.9 Å². The lowest BCUT2D eigenvalue weighted by molar-refractivity contribution is 0.286. The highest BCUT2D eigenvalue weighted by Crippen LogP contribution is 2.38. The van der Waals surface area contributed by atoms with Crippen LogP contribution in [0.25, 0.3) is 0 Å². The summed E-state index contributed by atoms with van der Waals surface area (Å²) in [5.41, 5.74) is 6.97. The van der Waals surface area contributed by atoms with Gasteiger partial charge in [-0.05, 0) is 54.8 Å². The van der Waals surface area contributed by atoms with E-state index in [0.717, 1.165) is 28.0 Å². The average Bonchev–Trinajstić information content (AvgIpc) is 2.27. The van der Waals surface area contributed by atoms with Crippen LogP contribution in [0, 0.1) is 0 Å². The molecule has 96 valence electrons. The van der Waals surface area contributed by atoms with E-state index in [1.165, 1.54) is 0 Å². The smallest absolute Gasteiger partial charge is 0.175 e. The van der Waals surface area contributed by atoms with Crippen molar-refractivity contribution < 1.29 is 9.47 Å². The summed E-state index contributed by atoms with van der Waals surface area (Å²) in [4.78, 5) is 0. The van der Waals surface area contributed by atoms with Gasteiger partial charge >= 0.3 is 0 Å². The number of nitrogens with two attached hydrogens (primary N) is 1. The summed E-state index contributed by atoms with van der Waals surface area (Å²) >= 11 is 3.57. The molecule has 2 N–H and O–H groups in total. The molecule has 0 aromatic heterocycles. The van der Waals surface area contributed by atoms with Crippen LogP contribution in [-0.4, -0.2) is 19.3 Å². The van der Waals surface area contributed by atoms with Crippen LogP contribution >= 0.6 is 15.9 Å². The minimum absolute atomic E-state index is 0.124. The molecule has 17 heavy (non-hydrogen) atoms. The molecular formula is C13H20BrNO2. The highest BCUT2D eigenvalue weighted by Gasteiger charge is 2.14. The summed E-state index contributed by atoms with van der Waals surface area (Å²) in [6.45, 7) is 7.14. The van der Waals surface area contributed by atoms with E-state index >= 15 is 0 Å². The van der Waals surface area contributed by atoms with Gasteiger partial charge in [0.25, 0.3) is 0 Å². The zero-order valence-electron chi connectivity index (χ0n) is 10.6. The molecule has 1 aromatic carbocycles. The monoisotopic (exact) mass is 301 g/mol. The van der Waals surface area contributed by atoms with Gasteiger partial charge in [-0.25, -0.2) is 0 Å². The molecule has 1 atom stereocenters. The first kappa shape index (κ1) is 14.3. The highest BCUT2D eigenvalue weighted by atomic mass is 79.9. The Hall–Kier alpha value is -0.740. The molecule has 0 aliphatic carbocycles. The number of hydrogen-bond donors (Lipinski definition) is 1. The average molecular weight is 302 g/mol. The molecule has 4 heteroatoms. The fourth-order valence-electron chi connectivity index (χ4n) is 1.63. The highest BCUT2D eigenvalue weighted by molar-refractivity contribution is 9.10. The summed E-state index contributed by atoms with van der Waals surface area (Å²) in [6.07, 6.45) is 0.813. The van der Waals surface area contributed by atoms with Crippen molar-refractivity contribution in [3.05, 3.63) is 22.2 Å². The minimum atomic E-state index is 0.124. The van der Waals surface area contributed by atoms with Crippen LogP contribution < -0.4 is 15.2 Å². The Balaban J connectivity index is 3.08. The Labute approximate surface area is 111 Å². The molecule has 3 nitrogen and oxygen atoms in total. The number of ether oxygens (including phenoxy) is 2. The van der Waals surface area contributed by atoms with Crippen LogP contribution in [0.3, 0.4) is 0 Å². The SMILES string of the molecule is CCOc1ccc(CC(C)N)c(Br)c1OCC. The van der Waals surface area contributed by atoms with Gasteiger partial charge in [-0.3, -0.25) is 0 Å². The maximum Gasteiger partial charge on any atom is 0.175 e. The fraction of sp³-hybridized carbons (Fsp3) is 0.538. The van der Waals surface area contributed by atoms with Gasteiger partial charge in [0.1, 0.15) is 0 Å². The summed E-state index contributed by atoms with van der Waals surface area (Å²) in [7, 11) is 0. The van der Waals surface area contributed by atoms with Gasteiger partial charge in [0, 0.05) is 6.04 Å². The maximum atomic E-state index is 5.82. The Morgan fingerprint density at radius 2 is 1.88 bits per heavy atom. The van der Waals surface area contributed by atoms with Crippen molar-refractivity contribution in [2.24, 2.45) is 5.73 Å². The fourth-order valence-corrected chi connectivity index (χ4v) is 2.24. The van der Waals surface area contributed by atoms with Crippen molar-refractivity contribution in [1.82, 2.24) is 0 Å². The second kappa shape index (κ2) is 6.87. The van der Waals surface area contributed by atoms with Crippen LogP contribution in [0.2, 0.25) is 0 Å². The normalized spacial score (nSPS) is 12.3. The first-order chi connectivity index (χ1) is 8.10. The first-order valence-corrected chi connectivity index (χ1v) is 6.71. The molecule has 0 amide bonds. The van der Waals surface area contributed by atoms with E-state index in [1.54, 1.807) is 0 Å². The van der Waals surface area contributed by atoms with E-state index in [4.69, 9.17) is 15.2 Å². The lowest BCUT2D eigenvalue weighted by atomic mass is 10.1. The van der Waals surface area contributed by atoms with E-state index in [2.05, 4.69) is 15.9 Å². The predicted octanol–water partition coefficient (Wildman–Crippen LogP) is 3.14. The van der Waals surface area contributed by atoms with Crippen molar-refractivity contribution >= 4 is 15.9 Å². The molecule has 0 aliphatic heterocycles. The second-order valence-electron chi connectivity index (χ2n) is 3.91. The summed E-state index contributed by atoms with van der Waals surface area (Å²) in [5.74, 6) is 1.54. The van der Waals surface area contributed by atoms with Crippen molar-refractivity contribution in [2.45, 2.75) is 33.2 Å². The van der Waals surface area contributed by atoms with Gasteiger partial charge in [0.05, 0.1) is 17.7 Å². The third kappa shape index (κ3) is 3.89. The van der Waals surface area contributed by atoms with Gasteiger partial charge in [0.15, 0.2) is 11.5 Å². The third-order valence-electron chi connectivity index (χ3n) is 2.27. The lowest BCUT2D eigenvalue weighted by Gasteiger charge is -2.16. The maximum absolute atomic E-state index is 5.82. The molecular weight excluding hydrogens is 282 g/mol. The topological polar surface area (TPSA) is 44.5 Å². The Morgan fingerprint density at radius 3 is 2.41 bits per heavy atom. The Kier molecular flexibility index (Phi) is 5.78. The molecule has 1 unspecified atom stereocenters. The molecule has 0 radical (unpaired) electrons. The standard InChI is InChI=1S/C13H20BrNO2/c1-4-16-11-7-6-10(8-9(3)15)12(14)13(11)17-5-2/h6-7,9H,4-5,8,15H2,1-3H3. The lowest BCUT2D eigenvalue weighted by Crippen LogP contribution is -2.18. The molecule has 0 bridgehead atoms. The molecule has 0 heterocycles. The Morgan fingerprint density at radius 1 is 1.24 bits per heavy atom. The van der Waals surface area contributed by atoms with Crippen LogP contribution in [0.4, 0.5) is 0 Å². The minimum Gasteiger partial charge on any atom is -0.490 e. The van der Waals surface area contributed by atoms with E-state index < -0.39 is 0 Å². The zero-order chi connectivity index (χ0) is 12.8. The molecule has 0 saturated heterocycles. The van der Waals surface area contributed by atoms with Crippen molar-refractivity contribution in [3.63, 3.8) is 0 Å². The van der Waals surface area contributed by atoms with E-state index in [-0.39, 0.29) is 6.04 Å². The Bertz CT molecular complexity index is 367. The molecule has 0 aliphatic rings. The zero-order valence-corrected chi connectivity index (χ0v) is 12.2. The van der Waals surface area contributed by atoms with Crippen LogP contribution in [-0.2, 0) is 6.42 Å². The van der Waals surface area contributed by atoms with Crippen LogP contribution in [0.15, 0.2) is 16.6 Å². The predicted molar refractivity (Wildman–Crippen MR) is 73.8 cm³/mol. The second-order valence-corrected chi connectivity index (χ2v) is 4.71. The summed E-state index contributed by atoms with van der Waals surface area (Å²) < 4.78 is 12.1. The molecule has 0 fully saturated rings. The van der Waals surface area contributed by atoms with Gasteiger partial charge in [-0.2, -0.15) is 0 Å². The summed E-state index contributed by atoms with van der Waals surface area (Å²) in [5, 5.41) is 0. The number of halogens is 1. The third-order valence-corrected chi connectivity index (χ3v) is 3.14. The van der Waals surface area contributed by atoms with Gasteiger partial charge in [0.2, 0.25) is 0 Å². The van der Waals surface area contributed by atoms with Crippen molar-refractivity contribution in [3.8, 4) is 11.5 Å². The van der Waals surface area contributed by atoms with Gasteiger partial charge in [-0.1, -0.05) is 6.07 Å². The first-order valence-electron chi connectivity index (χ1n) is 5.92. The molecule has 1 rings (SSSR count). The molecule has 0 saturated carbocycles. The summed E-state index contributed by atoms with van der Waals surface area (Å²) in [6, 6.07) is 4.09. The van der Waals surface area contributed by atoms with Crippen LogP contribution in [0.1, 0.15) is 26.3 Å². The number of benzene rings is 1. The van der Waals surface area contributed by atoms with Gasteiger partial charge < -0.3 is 15.2 Å². The number of rotatable bonds is 6. The van der Waals surface area contributed by atoms with Crippen LogP contribution in [0.5, 0.6) is 11.5 Å². The van der Waals surface area contributed by atoms with Crippen molar-refractivity contribution in [2.75, 3.05) is 13.2 Å². The molecule has 1 aromatic rings. The largest absolute Gasteiger partial charge is 0.490 e. The van der Waals surface area contributed by atoms with E-state index in [0.29, 0.717) is 13.2 Å². The number of hydrogen-bond acceptors (Lipinski definition) is 3. The quantitative estimate of drug-likeness (QED) is 0.878. The molecule has 0 spiro atoms. The van der Waals surface area contributed by atoms with Gasteiger partial charge in [-0.15, -0.1) is 0 Å². The van der Waals surface area contributed by atoms with E-state index in [9.17, 15) is 0 Å².